The van der Waals surface area contributed by atoms with Gasteiger partial charge in [0, 0.05) is 6.54 Å². The first-order valence-electron chi connectivity index (χ1n) is 10.1. The van der Waals surface area contributed by atoms with Gasteiger partial charge in [-0.3, -0.25) is 4.57 Å². The van der Waals surface area contributed by atoms with Crippen LogP contribution in [-0.4, -0.2) is 58.6 Å². The number of anilines is 2. The molecule has 32 heavy (non-hydrogen) atoms. The van der Waals surface area contributed by atoms with Crippen molar-refractivity contribution in [2.45, 2.75) is 37.9 Å². The van der Waals surface area contributed by atoms with Crippen LogP contribution in [0.5, 0.6) is 0 Å². The monoisotopic (exact) mass is 438 g/mol. The van der Waals surface area contributed by atoms with Crippen LogP contribution in [0.3, 0.4) is 0 Å². The van der Waals surface area contributed by atoms with Gasteiger partial charge in [0.05, 0.1) is 6.33 Å². The van der Waals surface area contributed by atoms with E-state index in [1.807, 2.05) is 30.3 Å². The molecule has 166 valence electrons. The quantitative estimate of drug-likeness (QED) is 0.335. The molecule has 0 bridgehead atoms. The smallest absolute Gasteiger partial charge is 0.258 e. The minimum absolute atomic E-state index is 0.0818. The lowest BCUT2D eigenvalue weighted by Gasteiger charge is -2.16. The van der Waals surface area contributed by atoms with Crippen molar-refractivity contribution in [2.24, 2.45) is 0 Å². The zero-order chi connectivity index (χ0) is 22.2. The van der Waals surface area contributed by atoms with Gasteiger partial charge in [-0.25, -0.2) is 4.98 Å². The Kier molecular flexibility index (Phi) is 5.17. The fourth-order valence-electron chi connectivity index (χ4n) is 3.69. The Hall–Kier alpha value is -3.61. The average Bonchev–Trinajstić information content (AvgIpc) is 3.48. The molecule has 0 saturated carbocycles. The summed E-state index contributed by atoms with van der Waals surface area (Å²) in [5.41, 5.74) is 7.98. The van der Waals surface area contributed by atoms with Gasteiger partial charge in [-0.05, 0) is 18.9 Å². The number of nitrogens with two attached hydrogens (primary N) is 1. The first-order valence-corrected chi connectivity index (χ1v) is 10.1. The van der Waals surface area contributed by atoms with E-state index in [2.05, 4.69) is 30.4 Å². The molecular weight excluding hydrogens is 416 g/mol. The molecule has 0 amide bonds. The first kappa shape index (κ1) is 20.3. The average molecular weight is 438 g/mol. The molecule has 5 rings (SSSR count). The van der Waals surface area contributed by atoms with Gasteiger partial charge in [-0.2, -0.15) is 15.0 Å². The summed E-state index contributed by atoms with van der Waals surface area (Å²) >= 11 is 0. The number of benzene rings is 1. The van der Waals surface area contributed by atoms with Gasteiger partial charge in [0.1, 0.15) is 17.7 Å². The number of imidazole rings is 1. The lowest BCUT2D eigenvalue weighted by atomic mass is 10.1. The molecule has 12 nitrogen and oxygen atoms in total. The number of aromatic nitrogens is 6. The highest BCUT2D eigenvalue weighted by molar-refractivity contribution is 5.83. The highest BCUT2D eigenvalue weighted by atomic mass is 16.6. The molecule has 1 aromatic carbocycles. The second-order valence-corrected chi connectivity index (χ2v) is 7.53. The van der Waals surface area contributed by atoms with Crippen LogP contribution >= 0.6 is 0 Å². The van der Waals surface area contributed by atoms with Crippen LogP contribution < -0.4 is 11.1 Å². The topological polar surface area (TPSA) is 170 Å². The van der Waals surface area contributed by atoms with Crippen molar-refractivity contribution in [2.75, 3.05) is 17.6 Å². The van der Waals surface area contributed by atoms with Crippen molar-refractivity contribution in [3.8, 4) is 0 Å². The van der Waals surface area contributed by atoms with Crippen LogP contribution in [0.1, 0.15) is 29.6 Å². The Balaban J connectivity index is 1.39. The number of fused-ring (bicyclic) bond motifs is 1. The van der Waals surface area contributed by atoms with Crippen LogP contribution in [-0.2, 0) is 11.2 Å². The van der Waals surface area contributed by atoms with Crippen molar-refractivity contribution in [1.82, 2.24) is 29.7 Å². The molecule has 12 heteroatoms. The van der Waals surface area contributed by atoms with Crippen molar-refractivity contribution in [3.05, 3.63) is 53.9 Å². The SMILES string of the molecule is Cc1noc([C@H]2O[C@@H](n3cnc4c(N)nc(NCCc5ccccc5)nc43)[C@H](O)[C@@H]2O)n1. The summed E-state index contributed by atoms with van der Waals surface area (Å²) in [6.07, 6.45) is -2.32. The number of rotatable bonds is 6. The third-order valence-electron chi connectivity index (χ3n) is 5.29. The minimum Gasteiger partial charge on any atom is -0.387 e. The highest BCUT2D eigenvalue weighted by Crippen LogP contribution is 2.39. The van der Waals surface area contributed by atoms with Gasteiger partial charge in [0.25, 0.3) is 5.89 Å². The standard InChI is InChI=1S/C20H22N8O4/c1-10-24-18(32-27-10)15-13(29)14(30)19(31-15)28-9-23-12-16(21)25-20(26-17(12)28)22-8-7-11-5-3-2-4-6-11/h2-6,9,13-15,19,29-30H,7-8H2,1H3,(H3,21,22,25,26)/t13-,14+,15-,19+/m0/s1. The number of ether oxygens (including phenoxy) is 1. The van der Waals surface area contributed by atoms with E-state index < -0.39 is 24.5 Å². The van der Waals surface area contributed by atoms with Crippen molar-refractivity contribution >= 4 is 22.9 Å². The zero-order valence-electron chi connectivity index (χ0n) is 17.2. The summed E-state index contributed by atoms with van der Waals surface area (Å²) in [5.74, 6) is 0.991. The van der Waals surface area contributed by atoms with E-state index >= 15 is 0 Å². The molecule has 1 aliphatic heterocycles. The van der Waals surface area contributed by atoms with Gasteiger partial charge < -0.3 is 30.5 Å². The summed E-state index contributed by atoms with van der Waals surface area (Å²) in [4.78, 5) is 17.1. The second kappa shape index (κ2) is 8.15. The Bertz CT molecular complexity index is 1230. The van der Waals surface area contributed by atoms with E-state index in [1.165, 1.54) is 16.5 Å². The molecule has 4 atom stereocenters. The largest absolute Gasteiger partial charge is 0.387 e. The van der Waals surface area contributed by atoms with E-state index in [9.17, 15) is 10.2 Å². The predicted octanol–water partition coefficient (Wildman–Crippen LogP) is 0.746. The van der Waals surface area contributed by atoms with Gasteiger partial charge >= 0.3 is 0 Å². The number of nitrogen functional groups attached to an aromatic ring is 1. The molecule has 0 unspecified atom stereocenters. The number of aryl methyl sites for hydroxylation is 1. The Morgan fingerprint density at radius 2 is 1.94 bits per heavy atom. The third kappa shape index (κ3) is 3.64. The molecule has 1 aliphatic rings. The van der Waals surface area contributed by atoms with Crippen LogP contribution in [0.4, 0.5) is 11.8 Å². The molecule has 3 aromatic heterocycles. The van der Waals surface area contributed by atoms with E-state index in [0.717, 1.165) is 6.42 Å². The molecule has 4 aromatic rings. The minimum atomic E-state index is -1.28. The molecule has 1 fully saturated rings. The molecule has 0 aliphatic carbocycles. The fraction of sp³-hybridized carbons (Fsp3) is 0.350. The van der Waals surface area contributed by atoms with Gasteiger partial charge in [-0.15, -0.1) is 0 Å². The highest BCUT2D eigenvalue weighted by Gasteiger charge is 2.47. The Morgan fingerprint density at radius 1 is 1.12 bits per heavy atom. The van der Waals surface area contributed by atoms with Crippen molar-refractivity contribution in [1.29, 1.82) is 0 Å². The summed E-state index contributed by atoms with van der Waals surface area (Å²) in [6, 6.07) is 10.0. The zero-order valence-corrected chi connectivity index (χ0v) is 17.2. The molecule has 5 N–H and O–H groups in total. The number of nitrogens with one attached hydrogen (secondary N) is 1. The number of aliphatic hydroxyl groups is 2. The van der Waals surface area contributed by atoms with E-state index in [4.69, 9.17) is 15.0 Å². The van der Waals surface area contributed by atoms with E-state index in [0.29, 0.717) is 29.5 Å². The number of aliphatic hydroxyl groups excluding tert-OH is 2. The Labute approximate surface area is 182 Å². The van der Waals surface area contributed by atoms with Gasteiger partial charge in [0.15, 0.2) is 29.6 Å². The first-order chi connectivity index (χ1) is 15.5. The normalized spacial score (nSPS) is 23.1. The summed E-state index contributed by atoms with van der Waals surface area (Å²) in [5, 5.41) is 28.0. The van der Waals surface area contributed by atoms with Crippen LogP contribution in [0.2, 0.25) is 0 Å². The van der Waals surface area contributed by atoms with E-state index in [-0.39, 0.29) is 11.7 Å². The Morgan fingerprint density at radius 3 is 2.69 bits per heavy atom. The fourth-order valence-corrected chi connectivity index (χ4v) is 3.69. The number of hydrogen-bond acceptors (Lipinski definition) is 11. The van der Waals surface area contributed by atoms with Crippen LogP contribution in [0, 0.1) is 6.92 Å². The maximum atomic E-state index is 10.6. The predicted molar refractivity (Wildman–Crippen MR) is 112 cm³/mol. The van der Waals surface area contributed by atoms with Gasteiger partial charge in [0.2, 0.25) is 5.95 Å². The third-order valence-corrected chi connectivity index (χ3v) is 5.29. The molecule has 1 saturated heterocycles. The lowest BCUT2D eigenvalue weighted by molar-refractivity contribution is -0.0451. The second-order valence-electron chi connectivity index (χ2n) is 7.53. The van der Waals surface area contributed by atoms with Gasteiger partial charge in [-0.1, -0.05) is 35.5 Å². The summed E-state index contributed by atoms with van der Waals surface area (Å²) in [7, 11) is 0. The van der Waals surface area contributed by atoms with Crippen molar-refractivity contribution < 1.29 is 19.5 Å². The van der Waals surface area contributed by atoms with E-state index in [1.54, 1.807) is 6.92 Å². The molecule has 0 spiro atoms. The maximum absolute atomic E-state index is 10.6. The number of nitrogens with zero attached hydrogens (tertiary/aromatic N) is 6. The van der Waals surface area contributed by atoms with Crippen LogP contribution in [0.25, 0.3) is 11.2 Å². The number of hydrogen-bond donors (Lipinski definition) is 4. The summed E-state index contributed by atoms with van der Waals surface area (Å²) < 4.78 is 12.5. The summed E-state index contributed by atoms with van der Waals surface area (Å²) in [6.45, 7) is 2.25. The molecular formula is C20H22N8O4. The maximum Gasteiger partial charge on any atom is 0.258 e. The van der Waals surface area contributed by atoms with Crippen molar-refractivity contribution in [3.63, 3.8) is 0 Å². The van der Waals surface area contributed by atoms with Crippen LogP contribution in [0.15, 0.2) is 41.2 Å². The molecule has 4 heterocycles. The molecule has 0 radical (unpaired) electrons. The lowest BCUT2D eigenvalue weighted by Crippen LogP contribution is -2.29.